The molecule has 0 aliphatic carbocycles. The fraction of sp³-hybridized carbons (Fsp3) is 0.250. The summed E-state index contributed by atoms with van der Waals surface area (Å²) in [6, 6.07) is 25.2. The van der Waals surface area contributed by atoms with E-state index in [0.29, 0.717) is 18.1 Å². The predicted octanol–water partition coefficient (Wildman–Crippen LogP) is 4.42. The average Bonchev–Trinajstić information content (AvgIpc) is 2.79. The Hall–Kier alpha value is -2.86. The van der Waals surface area contributed by atoms with Crippen LogP contribution in [0.1, 0.15) is 29.1 Å². The minimum Gasteiger partial charge on any atom is -0.493 e. The summed E-state index contributed by atoms with van der Waals surface area (Å²) in [5.74, 6) is 1.23. The van der Waals surface area contributed by atoms with E-state index >= 15 is 0 Å². The van der Waals surface area contributed by atoms with E-state index in [4.69, 9.17) is 18.9 Å². The molecule has 0 bridgehead atoms. The Morgan fingerprint density at radius 2 is 1.62 bits per heavy atom. The van der Waals surface area contributed by atoms with Crippen LogP contribution in [0.2, 0.25) is 0 Å². The van der Waals surface area contributed by atoms with Crippen LogP contribution in [0.5, 0.6) is 11.5 Å². The van der Waals surface area contributed by atoms with Crippen LogP contribution in [0.4, 0.5) is 0 Å². The van der Waals surface area contributed by atoms with E-state index in [1.54, 1.807) is 7.11 Å². The van der Waals surface area contributed by atoms with Crippen molar-refractivity contribution in [2.75, 3.05) is 13.7 Å². The van der Waals surface area contributed by atoms with Gasteiger partial charge in [0.05, 0.1) is 13.7 Å². The molecule has 5 nitrogen and oxygen atoms in total. The van der Waals surface area contributed by atoms with Gasteiger partial charge in [-0.25, -0.2) is 0 Å². The summed E-state index contributed by atoms with van der Waals surface area (Å²) in [7, 11) is 1.60. The molecule has 1 heterocycles. The number of hydrogen-bond acceptors (Lipinski definition) is 5. The predicted molar refractivity (Wildman–Crippen MR) is 109 cm³/mol. The van der Waals surface area contributed by atoms with Crippen molar-refractivity contribution >= 4 is 0 Å². The highest BCUT2D eigenvalue weighted by Gasteiger charge is 2.33. The summed E-state index contributed by atoms with van der Waals surface area (Å²) in [4.78, 5) is 0. The number of rotatable bonds is 6. The summed E-state index contributed by atoms with van der Waals surface area (Å²) in [5, 5.41) is 10.4. The highest BCUT2D eigenvalue weighted by Crippen LogP contribution is 2.38. The van der Waals surface area contributed by atoms with E-state index in [0.717, 1.165) is 16.7 Å². The van der Waals surface area contributed by atoms with Gasteiger partial charge in [0.1, 0.15) is 18.8 Å². The molecule has 3 aromatic rings. The van der Waals surface area contributed by atoms with Crippen molar-refractivity contribution in [3.05, 3.63) is 95.6 Å². The van der Waals surface area contributed by atoms with Crippen LogP contribution in [-0.4, -0.2) is 24.9 Å². The Kier molecular flexibility index (Phi) is 6.10. The smallest absolute Gasteiger partial charge is 0.184 e. The Morgan fingerprint density at radius 1 is 0.897 bits per heavy atom. The number of ether oxygens (including phenoxy) is 4. The maximum absolute atomic E-state index is 10.4. The number of aliphatic hydroxyl groups is 1. The van der Waals surface area contributed by atoms with Gasteiger partial charge in [-0.1, -0.05) is 66.7 Å². The largest absolute Gasteiger partial charge is 0.493 e. The van der Waals surface area contributed by atoms with Gasteiger partial charge < -0.3 is 24.1 Å². The first-order valence-corrected chi connectivity index (χ1v) is 9.59. The van der Waals surface area contributed by atoms with Crippen molar-refractivity contribution in [2.24, 2.45) is 0 Å². The van der Waals surface area contributed by atoms with Gasteiger partial charge in [0.15, 0.2) is 17.8 Å². The Bertz CT molecular complexity index is 913. The first-order valence-electron chi connectivity index (χ1n) is 9.59. The lowest BCUT2D eigenvalue weighted by atomic mass is 10.0. The Labute approximate surface area is 170 Å². The third kappa shape index (κ3) is 4.59. The first-order chi connectivity index (χ1) is 14.2. The van der Waals surface area contributed by atoms with Crippen LogP contribution in [0, 0.1) is 0 Å². The zero-order chi connectivity index (χ0) is 20.1. The zero-order valence-corrected chi connectivity index (χ0v) is 16.2. The lowest BCUT2D eigenvalue weighted by molar-refractivity contribution is -0.259. The molecule has 0 radical (unpaired) electrons. The molecule has 1 N–H and O–H groups in total. The normalized spacial score (nSPS) is 21.5. The molecule has 1 fully saturated rings. The molecule has 4 rings (SSSR count). The summed E-state index contributed by atoms with van der Waals surface area (Å²) in [5.41, 5.74) is 2.80. The molecule has 0 saturated carbocycles. The van der Waals surface area contributed by atoms with E-state index in [9.17, 15) is 5.11 Å². The van der Waals surface area contributed by atoms with Gasteiger partial charge >= 0.3 is 0 Å². The van der Waals surface area contributed by atoms with Gasteiger partial charge in [0, 0.05) is 5.56 Å². The van der Waals surface area contributed by atoms with Gasteiger partial charge in [-0.05, 0) is 23.3 Å². The van der Waals surface area contributed by atoms with Crippen molar-refractivity contribution in [3.63, 3.8) is 0 Å². The fourth-order valence-corrected chi connectivity index (χ4v) is 3.34. The maximum atomic E-state index is 10.4. The van der Waals surface area contributed by atoms with Gasteiger partial charge in [0.25, 0.3) is 0 Å². The van der Waals surface area contributed by atoms with Crippen molar-refractivity contribution < 1.29 is 24.1 Å². The summed E-state index contributed by atoms with van der Waals surface area (Å²) >= 11 is 0. The Balaban J connectivity index is 1.51. The molecular formula is C24H24O5. The Morgan fingerprint density at radius 3 is 2.34 bits per heavy atom. The molecule has 3 atom stereocenters. The number of methoxy groups -OCH3 is 1. The fourth-order valence-electron chi connectivity index (χ4n) is 3.34. The van der Waals surface area contributed by atoms with E-state index in [1.165, 1.54) is 0 Å². The molecule has 1 aliphatic rings. The third-order valence-corrected chi connectivity index (χ3v) is 4.86. The molecular weight excluding hydrogens is 368 g/mol. The minimum absolute atomic E-state index is 0.193. The molecule has 29 heavy (non-hydrogen) atoms. The van der Waals surface area contributed by atoms with Crippen LogP contribution in [0.3, 0.4) is 0 Å². The van der Waals surface area contributed by atoms with Crippen LogP contribution in [0.15, 0.2) is 78.9 Å². The highest BCUT2D eigenvalue weighted by atomic mass is 16.7. The lowest BCUT2D eigenvalue weighted by Gasteiger charge is -2.34. The van der Waals surface area contributed by atoms with E-state index in [1.807, 2.05) is 78.9 Å². The molecule has 1 aliphatic heterocycles. The van der Waals surface area contributed by atoms with Gasteiger partial charge in [-0.3, -0.25) is 0 Å². The van der Waals surface area contributed by atoms with Crippen LogP contribution in [0.25, 0.3) is 0 Å². The zero-order valence-electron chi connectivity index (χ0n) is 16.2. The highest BCUT2D eigenvalue weighted by molar-refractivity contribution is 5.44. The summed E-state index contributed by atoms with van der Waals surface area (Å²) in [6.45, 7) is 0.641. The van der Waals surface area contributed by atoms with Crippen LogP contribution in [-0.2, 0) is 16.1 Å². The number of hydrogen-bond donors (Lipinski definition) is 1. The second-order valence-corrected chi connectivity index (χ2v) is 6.88. The lowest BCUT2D eigenvalue weighted by Crippen LogP contribution is -2.34. The molecule has 0 aromatic heterocycles. The molecule has 3 aromatic carbocycles. The molecule has 1 saturated heterocycles. The number of benzene rings is 3. The van der Waals surface area contributed by atoms with E-state index in [2.05, 4.69) is 0 Å². The average molecular weight is 392 g/mol. The van der Waals surface area contributed by atoms with E-state index in [-0.39, 0.29) is 6.61 Å². The third-order valence-electron chi connectivity index (χ3n) is 4.86. The van der Waals surface area contributed by atoms with Crippen LogP contribution < -0.4 is 9.47 Å². The summed E-state index contributed by atoms with van der Waals surface area (Å²) < 4.78 is 23.2. The SMILES string of the molecule is COc1cc([C@@H]2O[C@H](c3ccccc3)OC[C@@H]2O)ccc1OCc1ccccc1. The van der Waals surface area contributed by atoms with Crippen molar-refractivity contribution in [3.8, 4) is 11.5 Å². The van der Waals surface area contributed by atoms with Gasteiger partial charge in [-0.2, -0.15) is 0 Å². The monoisotopic (exact) mass is 392 g/mol. The summed E-state index contributed by atoms with van der Waals surface area (Å²) in [6.07, 6.45) is -1.81. The van der Waals surface area contributed by atoms with Crippen molar-refractivity contribution in [1.29, 1.82) is 0 Å². The van der Waals surface area contributed by atoms with Crippen molar-refractivity contribution in [1.82, 2.24) is 0 Å². The number of aliphatic hydroxyl groups excluding tert-OH is 1. The standard InChI is InChI=1S/C24H24O5/c1-26-22-14-19(12-13-21(22)27-15-17-8-4-2-5-9-17)23-20(25)16-28-24(29-23)18-10-6-3-7-11-18/h2-14,20,23-25H,15-16H2,1H3/t20-,23-,24+/m0/s1. The van der Waals surface area contributed by atoms with Gasteiger partial charge in [-0.15, -0.1) is 0 Å². The minimum atomic E-state index is -0.768. The van der Waals surface area contributed by atoms with Crippen molar-refractivity contribution in [2.45, 2.75) is 25.1 Å². The molecule has 5 heteroatoms. The second kappa shape index (κ2) is 9.09. The molecule has 0 spiro atoms. The molecule has 0 unspecified atom stereocenters. The topological polar surface area (TPSA) is 57.2 Å². The first kappa shape index (κ1) is 19.5. The van der Waals surface area contributed by atoms with Crippen LogP contribution >= 0.6 is 0 Å². The van der Waals surface area contributed by atoms with E-state index < -0.39 is 18.5 Å². The molecule has 0 amide bonds. The maximum Gasteiger partial charge on any atom is 0.184 e. The van der Waals surface area contributed by atoms with Gasteiger partial charge in [0.2, 0.25) is 0 Å². The second-order valence-electron chi connectivity index (χ2n) is 6.88. The quantitative estimate of drug-likeness (QED) is 0.673. The molecule has 150 valence electrons.